The molecule has 1 aliphatic carbocycles. The van der Waals surface area contributed by atoms with Gasteiger partial charge in [-0.15, -0.1) is 10.2 Å². The van der Waals surface area contributed by atoms with Crippen LogP contribution in [-0.2, 0) is 13.0 Å². The van der Waals surface area contributed by atoms with Crippen LogP contribution in [0.5, 0.6) is 0 Å². The van der Waals surface area contributed by atoms with Crippen molar-refractivity contribution < 1.29 is 0 Å². The number of aromatic amines is 1. The summed E-state index contributed by atoms with van der Waals surface area (Å²) >= 11 is 0. The fraction of sp³-hybridized carbons (Fsp3) is 0.643. The number of hydrogen-bond acceptors (Lipinski definition) is 4. The van der Waals surface area contributed by atoms with Crippen molar-refractivity contribution in [3.8, 4) is 0 Å². The summed E-state index contributed by atoms with van der Waals surface area (Å²) in [5.74, 6) is 2.13. The average molecular weight is 272 g/mol. The third-order valence-corrected chi connectivity index (χ3v) is 4.62. The first-order chi connectivity index (χ1) is 9.83. The molecule has 6 heteroatoms. The summed E-state index contributed by atoms with van der Waals surface area (Å²) in [7, 11) is 0. The Morgan fingerprint density at radius 3 is 2.95 bits per heavy atom. The van der Waals surface area contributed by atoms with Gasteiger partial charge in [-0.2, -0.15) is 0 Å². The number of nitrogens with one attached hydrogen (secondary N) is 2. The zero-order valence-electron chi connectivity index (χ0n) is 11.8. The molecule has 0 saturated heterocycles. The Balaban J connectivity index is 1.66. The molecule has 2 aromatic heterocycles. The van der Waals surface area contributed by atoms with E-state index in [1.54, 1.807) is 6.33 Å². The van der Waals surface area contributed by atoms with E-state index in [2.05, 4.69) is 37.0 Å². The Bertz CT molecular complexity index is 607. The van der Waals surface area contributed by atoms with Crippen molar-refractivity contribution in [1.82, 2.24) is 30.0 Å². The smallest absolute Gasteiger partial charge is 0.150 e. The predicted molar refractivity (Wildman–Crippen MR) is 74.1 cm³/mol. The van der Waals surface area contributed by atoms with E-state index in [9.17, 15) is 0 Å². The van der Waals surface area contributed by atoms with Crippen LogP contribution in [0, 0.1) is 6.92 Å². The number of H-pyrrole nitrogens is 1. The average Bonchev–Trinajstić information content (AvgIpc) is 3.17. The highest BCUT2D eigenvalue weighted by molar-refractivity contribution is 5.19. The molecule has 2 N–H and O–H groups in total. The van der Waals surface area contributed by atoms with E-state index in [-0.39, 0.29) is 6.04 Å². The first kappa shape index (κ1) is 12.1. The van der Waals surface area contributed by atoms with Gasteiger partial charge in [-0.3, -0.25) is 0 Å². The molecule has 0 bridgehead atoms. The van der Waals surface area contributed by atoms with E-state index in [1.807, 2.05) is 0 Å². The molecule has 20 heavy (non-hydrogen) atoms. The minimum absolute atomic E-state index is 0.229. The van der Waals surface area contributed by atoms with Gasteiger partial charge < -0.3 is 14.9 Å². The summed E-state index contributed by atoms with van der Waals surface area (Å²) in [5.41, 5.74) is 2.36. The molecular weight excluding hydrogens is 252 g/mol. The van der Waals surface area contributed by atoms with E-state index >= 15 is 0 Å². The predicted octanol–water partition coefficient (Wildman–Crippen LogP) is 1.81. The van der Waals surface area contributed by atoms with Crippen molar-refractivity contribution in [2.24, 2.45) is 0 Å². The molecule has 0 spiro atoms. The fourth-order valence-corrected chi connectivity index (χ4v) is 3.59. The zero-order chi connectivity index (χ0) is 13.5. The Morgan fingerprint density at radius 2 is 2.10 bits per heavy atom. The van der Waals surface area contributed by atoms with E-state index < -0.39 is 0 Å². The van der Waals surface area contributed by atoms with Crippen molar-refractivity contribution in [2.45, 2.75) is 57.7 Å². The van der Waals surface area contributed by atoms with Gasteiger partial charge in [0.05, 0.1) is 23.8 Å². The fourth-order valence-electron chi connectivity index (χ4n) is 3.59. The number of fused-ring (bicyclic) bond motifs is 1. The molecule has 1 aliphatic heterocycles. The van der Waals surface area contributed by atoms with Gasteiger partial charge in [-0.05, 0) is 19.8 Å². The molecule has 0 radical (unpaired) electrons. The summed E-state index contributed by atoms with van der Waals surface area (Å²) in [6.45, 7) is 2.90. The quantitative estimate of drug-likeness (QED) is 0.874. The van der Waals surface area contributed by atoms with Crippen molar-refractivity contribution in [1.29, 1.82) is 0 Å². The molecule has 1 fully saturated rings. The van der Waals surface area contributed by atoms with Crippen LogP contribution in [0.15, 0.2) is 6.33 Å². The standard InChI is InChI=1S/C14H20N6/c1-9-18-19-14(20(9)10-4-2-3-5-10)12-6-11-13(7-15-12)17-8-16-11/h8,10,12,15H,2-7H2,1H3,(H,16,17). The molecule has 106 valence electrons. The highest BCUT2D eigenvalue weighted by atomic mass is 15.3. The Hall–Kier alpha value is -1.69. The van der Waals surface area contributed by atoms with Gasteiger partial charge in [-0.1, -0.05) is 12.8 Å². The molecule has 4 rings (SSSR count). The number of rotatable bonds is 2. The second-order valence-corrected chi connectivity index (χ2v) is 5.88. The van der Waals surface area contributed by atoms with Crippen LogP contribution in [0.1, 0.15) is 60.8 Å². The van der Waals surface area contributed by atoms with Crippen LogP contribution in [0.3, 0.4) is 0 Å². The highest BCUT2D eigenvalue weighted by Crippen LogP contribution is 2.33. The monoisotopic (exact) mass is 272 g/mol. The molecule has 0 aromatic carbocycles. The third kappa shape index (κ3) is 1.86. The van der Waals surface area contributed by atoms with Gasteiger partial charge in [0.2, 0.25) is 0 Å². The Morgan fingerprint density at radius 1 is 1.25 bits per heavy atom. The minimum Gasteiger partial charge on any atom is -0.347 e. The van der Waals surface area contributed by atoms with Gasteiger partial charge in [0.15, 0.2) is 5.82 Å². The lowest BCUT2D eigenvalue weighted by Gasteiger charge is -2.25. The summed E-state index contributed by atoms with van der Waals surface area (Å²) in [6, 6.07) is 0.815. The van der Waals surface area contributed by atoms with Crippen LogP contribution < -0.4 is 5.32 Å². The largest absolute Gasteiger partial charge is 0.347 e. The van der Waals surface area contributed by atoms with Crippen LogP contribution in [0.2, 0.25) is 0 Å². The number of imidazole rings is 1. The summed E-state index contributed by atoms with van der Waals surface area (Å²) in [5, 5.41) is 12.3. The number of aryl methyl sites for hydroxylation is 1. The molecule has 3 heterocycles. The zero-order valence-corrected chi connectivity index (χ0v) is 11.8. The molecule has 6 nitrogen and oxygen atoms in total. The summed E-state index contributed by atoms with van der Waals surface area (Å²) < 4.78 is 2.36. The van der Waals surface area contributed by atoms with Crippen molar-refractivity contribution in [3.05, 3.63) is 29.4 Å². The molecule has 2 aromatic rings. The maximum absolute atomic E-state index is 4.45. The number of hydrogen-bond donors (Lipinski definition) is 2. The van der Waals surface area contributed by atoms with Gasteiger partial charge >= 0.3 is 0 Å². The van der Waals surface area contributed by atoms with Gasteiger partial charge in [0, 0.05) is 19.0 Å². The molecule has 1 unspecified atom stereocenters. The van der Waals surface area contributed by atoms with Crippen LogP contribution in [-0.4, -0.2) is 24.7 Å². The summed E-state index contributed by atoms with van der Waals surface area (Å²) in [6.07, 6.45) is 7.83. The van der Waals surface area contributed by atoms with Crippen LogP contribution >= 0.6 is 0 Å². The maximum Gasteiger partial charge on any atom is 0.150 e. The molecule has 1 atom stereocenters. The van der Waals surface area contributed by atoms with Crippen molar-refractivity contribution in [3.63, 3.8) is 0 Å². The molecule has 0 amide bonds. The van der Waals surface area contributed by atoms with E-state index in [1.165, 1.54) is 31.4 Å². The topological polar surface area (TPSA) is 71.4 Å². The van der Waals surface area contributed by atoms with E-state index in [0.717, 1.165) is 30.3 Å². The highest BCUT2D eigenvalue weighted by Gasteiger charge is 2.29. The Labute approximate surface area is 118 Å². The first-order valence-corrected chi connectivity index (χ1v) is 7.49. The second-order valence-electron chi connectivity index (χ2n) is 5.88. The lowest BCUT2D eigenvalue weighted by molar-refractivity contribution is 0.411. The molecular formula is C14H20N6. The molecule has 2 aliphatic rings. The lowest BCUT2D eigenvalue weighted by atomic mass is 10.0. The number of nitrogens with zero attached hydrogens (tertiary/aromatic N) is 4. The molecule has 1 saturated carbocycles. The maximum atomic E-state index is 4.45. The number of aromatic nitrogens is 5. The minimum atomic E-state index is 0.229. The van der Waals surface area contributed by atoms with Gasteiger partial charge in [0.25, 0.3) is 0 Å². The van der Waals surface area contributed by atoms with Crippen molar-refractivity contribution >= 4 is 0 Å². The van der Waals surface area contributed by atoms with Crippen LogP contribution in [0.25, 0.3) is 0 Å². The van der Waals surface area contributed by atoms with Crippen molar-refractivity contribution in [2.75, 3.05) is 0 Å². The first-order valence-electron chi connectivity index (χ1n) is 7.49. The Kier molecular flexibility index (Phi) is 2.84. The third-order valence-electron chi connectivity index (χ3n) is 4.62. The van der Waals surface area contributed by atoms with E-state index in [4.69, 9.17) is 0 Å². The summed E-state index contributed by atoms with van der Waals surface area (Å²) in [4.78, 5) is 7.60. The van der Waals surface area contributed by atoms with Gasteiger partial charge in [-0.25, -0.2) is 4.98 Å². The van der Waals surface area contributed by atoms with Crippen LogP contribution in [0.4, 0.5) is 0 Å². The SMILES string of the molecule is Cc1nnc(C2Cc3nc[nH]c3CN2)n1C1CCCC1. The van der Waals surface area contributed by atoms with Gasteiger partial charge in [0.1, 0.15) is 5.82 Å². The van der Waals surface area contributed by atoms with E-state index in [0.29, 0.717) is 6.04 Å². The normalized spacial score (nSPS) is 23.1. The second kappa shape index (κ2) is 4.70. The lowest BCUT2D eigenvalue weighted by Crippen LogP contribution is -2.31.